The number of amides is 1. The van der Waals surface area contributed by atoms with Crippen molar-refractivity contribution < 1.29 is 4.79 Å². The molecule has 0 saturated carbocycles. The number of aromatic amines is 1. The number of rotatable bonds is 3. The van der Waals surface area contributed by atoms with Gasteiger partial charge in [-0.1, -0.05) is 0 Å². The second-order valence-electron chi connectivity index (χ2n) is 6.69. The fourth-order valence-electron chi connectivity index (χ4n) is 3.23. The molecule has 1 aliphatic heterocycles. The molecule has 6 nitrogen and oxygen atoms in total. The van der Waals surface area contributed by atoms with Crippen LogP contribution >= 0.6 is 0 Å². The van der Waals surface area contributed by atoms with Crippen LogP contribution in [0.4, 0.5) is 0 Å². The molecule has 132 valence electrons. The van der Waals surface area contributed by atoms with Gasteiger partial charge in [0.2, 0.25) is 0 Å². The number of nitrogens with one attached hydrogen (secondary N) is 1. The van der Waals surface area contributed by atoms with Gasteiger partial charge in [-0.3, -0.25) is 14.8 Å². The van der Waals surface area contributed by atoms with Crippen molar-refractivity contribution in [3.63, 3.8) is 0 Å². The number of carbonyl (C=O) groups excluding carboxylic acids is 1. The number of imidazole rings is 1. The fourth-order valence-corrected chi connectivity index (χ4v) is 3.23. The molecule has 4 rings (SSSR count). The van der Waals surface area contributed by atoms with Crippen LogP contribution in [-0.2, 0) is 0 Å². The number of H-pyrrole nitrogens is 1. The summed E-state index contributed by atoms with van der Waals surface area (Å²) in [6.07, 6.45) is 7.33. The Hall–Kier alpha value is -3.02. The van der Waals surface area contributed by atoms with Gasteiger partial charge in [0.15, 0.2) is 5.82 Å². The molecule has 1 aliphatic rings. The predicted molar refractivity (Wildman–Crippen MR) is 99.7 cm³/mol. The number of nitrogens with zero attached hydrogens (tertiary/aromatic N) is 4. The highest BCUT2D eigenvalue weighted by molar-refractivity contribution is 5.95. The monoisotopic (exact) mass is 347 g/mol. The van der Waals surface area contributed by atoms with Crippen molar-refractivity contribution in [1.82, 2.24) is 24.8 Å². The number of aryl methyl sites for hydroxylation is 2. The van der Waals surface area contributed by atoms with Gasteiger partial charge in [0.1, 0.15) is 5.69 Å². The lowest BCUT2D eigenvalue weighted by Gasteiger charge is -2.15. The van der Waals surface area contributed by atoms with Crippen LogP contribution < -0.4 is 0 Å². The molecule has 26 heavy (non-hydrogen) atoms. The number of pyridine rings is 2. The number of aromatic nitrogens is 4. The van der Waals surface area contributed by atoms with E-state index in [2.05, 4.69) is 19.9 Å². The molecule has 0 spiro atoms. The highest BCUT2D eigenvalue weighted by Gasteiger charge is 2.20. The van der Waals surface area contributed by atoms with E-state index in [-0.39, 0.29) is 5.91 Å². The van der Waals surface area contributed by atoms with E-state index in [0.717, 1.165) is 60.0 Å². The van der Waals surface area contributed by atoms with Crippen molar-refractivity contribution in [2.24, 2.45) is 0 Å². The molecule has 0 bridgehead atoms. The molecule has 1 fully saturated rings. The Bertz CT molecular complexity index is 937. The second kappa shape index (κ2) is 6.71. The maximum absolute atomic E-state index is 12.6. The number of hydrogen-bond donors (Lipinski definition) is 1. The topological polar surface area (TPSA) is 74.8 Å². The van der Waals surface area contributed by atoms with Gasteiger partial charge >= 0.3 is 0 Å². The highest BCUT2D eigenvalue weighted by atomic mass is 16.2. The largest absolute Gasteiger partial charge is 0.341 e. The Morgan fingerprint density at radius 2 is 1.92 bits per heavy atom. The SMILES string of the molecule is Cc1nc(-c2cc(-c3cncc(C(=O)N4CCCC4)c3)ccn2)[nH]c1C. The molecule has 3 aromatic rings. The number of likely N-dealkylation sites (tertiary alicyclic amines) is 1. The molecule has 1 saturated heterocycles. The van der Waals surface area contributed by atoms with Crippen LogP contribution in [0.5, 0.6) is 0 Å². The van der Waals surface area contributed by atoms with Gasteiger partial charge in [-0.05, 0) is 50.5 Å². The maximum Gasteiger partial charge on any atom is 0.255 e. The zero-order chi connectivity index (χ0) is 18.1. The van der Waals surface area contributed by atoms with Crippen LogP contribution in [0.25, 0.3) is 22.6 Å². The van der Waals surface area contributed by atoms with E-state index in [1.807, 2.05) is 36.9 Å². The molecule has 0 atom stereocenters. The Kier molecular flexibility index (Phi) is 4.24. The van der Waals surface area contributed by atoms with E-state index in [1.165, 1.54) is 0 Å². The van der Waals surface area contributed by atoms with E-state index in [4.69, 9.17) is 0 Å². The molecule has 0 radical (unpaired) electrons. The average Bonchev–Trinajstić information content (AvgIpc) is 3.32. The van der Waals surface area contributed by atoms with Gasteiger partial charge < -0.3 is 9.88 Å². The first kappa shape index (κ1) is 16.4. The Balaban J connectivity index is 1.66. The van der Waals surface area contributed by atoms with Crippen molar-refractivity contribution in [3.8, 4) is 22.6 Å². The second-order valence-corrected chi connectivity index (χ2v) is 6.69. The summed E-state index contributed by atoms with van der Waals surface area (Å²) in [5.74, 6) is 0.808. The minimum absolute atomic E-state index is 0.0587. The third-order valence-electron chi connectivity index (χ3n) is 4.84. The predicted octanol–water partition coefficient (Wildman–Crippen LogP) is 3.39. The summed E-state index contributed by atoms with van der Waals surface area (Å²) in [6, 6.07) is 5.80. The average molecular weight is 347 g/mol. The van der Waals surface area contributed by atoms with Crippen molar-refractivity contribution >= 4 is 5.91 Å². The molecular formula is C20H21N5O. The summed E-state index contributed by atoms with van der Waals surface area (Å²) in [5.41, 5.74) is 5.27. The normalized spacial score (nSPS) is 14.0. The van der Waals surface area contributed by atoms with Crippen molar-refractivity contribution in [1.29, 1.82) is 0 Å². The fraction of sp³-hybridized carbons (Fsp3) is 0.300. The first-order valence-corrected chi connectivity index (χ1v) is 8.86. The Morgan fingerprint density at radius 1 is 1.12 bits per heavy atom. The number of hydrogen-bond acceptors (Lipinski definition) is 4. The number of carbonyl (C=O) groups is 1. The third kappa shape index (κ3) is 3.10. The summed E-state index contributed by atoms with van der Waals surface area (Å²) in [7, 11) is 0. The summed E-state index contributed by atoms with van der Waals surface area (Å²) in [4.78, 5) is 31.0. The summed E-state index contributed by atoms with van der Waals surface area (Å²) in [6.45, 7) is 5.63. The quantitative estimate of drug-likeness (QED) is 0.788. The maximum atomic E-state index is 12.6. The van der Waals surface area contributed by atoms with E-state index in [1.54, 1.807) is 18.6 Å². The van der Waals surface area contributed by atoms with Crippen molar-refractivity contribution in [2.75, 3.05) is 13.1 Å². The van der Waals surface area contributed by atoms with Crippen molar-refractivity contribution in [2.45, 2.75) is 26.7 Å². The minimum Gasteiger partial charge on any atom is -0.341 e. The van der Waals surface area contributed by atoms with Gasteiger partial charge in [-0.2, -0.15) is 0 Å². The van der Waals surface area contributed by atoms with Crippen LogP contribution in [0.3, 0.4) is 0 Å². The van der Waals surface area contributed by atoms with Gasteiger partial charge in [-0.15, -0.1) is 0 Å². The lowest BCUT2D eigenvalue weighted by atomic mass is 10.1. The van der Waals surface area contributed by atoms with Crippen LogP contribution in [0, 0.1) is 13.8 Å². The van der Waals surface area contributed by atoms with Gasteiger partial charge in [0.05, 0.1) is 11.3 Å². The van der Waals surface area contributed by atoms with Crippen LogP contribution in [0.1, 0.15) is 34.6 Å². The zero-order valence-electron chi connectivity index (χ0n) is 15.0. The van der Waals surface area contributed by atoms with Crippen LogP contribution in [-0.4, -0.2) is 43.8 Å². The molecule has 6 heteroatoms. The zero-order valence-corrected chi connectivity index (χ0v) is 15.0. The molecule has 1 N–H and O–H groups in total. The molecule has 0 unspecified atom stereocenters. The van der Waals surface area contributed by atoms with E-state index >= 15 is 0 Å². The molecule has 3 aromatic heterocycles. The lowest BCUT2D eigenvalue weighted by Crippen LogP contribution is -2.27. The Morgan fingerprint density at radius 3 is 2.65 bits per heavy atom. The van der Waals surface area contributed by atoms with Gasteiger partial charge in [0, 0.05) is 42.9 Å². The Labute approximate surface area is 152 Å². The van der Waals surface area contributed by atoms with E-state index < -0.39 is 0 Å². The summed E-state index contributed by atoms with van der Waals surface area (Å²) in [5, 5.41) is 0. The van der Waals surface area contributed by atoms with Crippen LogP contribution in [0.15, 0.2) is 36.8 Å². The first-order valence-electron chi connectivity index (χ1n) is 8.86. The first-order chi connectivity index (χ1) is 12.6. The molecule has 4 heterocycles. The standard InChI is InChI=1S/C20H21N5O/c1-13-14(2)24-19(23-13)18-10-15(5-6-22-18)16-9-17(12-21-11-16)20(26)25-7-3-4-8-25/h5-6,9-12H,3-4,7-8H2,1-2H3,(H,23,24). The van der Waals surface area contributed by atoms with Crippen molar-refractivity contribution in [3.05, 3.63) is 53.7 Å². The minimum atomic E-state index is 0.0587. The highest BCUT2D eigenvalue weighted by Crippen LogP contribution is 2.24. The summed E-state index contributed by atoms with van der Waals surface area (Å²) >= 11 is 0. The molecule has 1 amide bonds. The molecule has 0 aliphatic carbocycles. The lowest BCUT2D eigenvalue weighted by molar-refractivity contribution is 0.0792. The van der Waals surface area contributed by atoms with Gasteiger partial charge in [-0.25, -0.2) is 4.98 Å². The molecular weight excluding hydrogens is 326 g/mol. The summed E-state index contributed by atoms with van der Waals surface area (Å²) < 4.78 is 0. The van der Waals surface area contributed by atoms with Gasteiger partial charge in [0.25, 0.3) is 5.91 Å². The van der Waals surface area contributed by atoms with E-state index in [9.17, 15) is 4.79 Å². The molecule has 0 aromatic carbocycles. The van der Waals surface area contributed by atoms with E-state index in [0.29, 0.717) is 5.56 Å². The van der Waals surface area contributed by atoms with Crippen LogP contribution in [0.2, 0.25) is 0 Å². The third-order valence-corrected chi connectivity index (χ3v) is 4.84. The smallest absolute Gasteiger partial charge is 0.255 e.